The monoisotopic (exact) mass is 338 g/mol. The Morgan fingerprint density at radius 2 is 1.96 bits per heavy atom. The van der Waals surface area contributed by atoms with Gasteiger partial charge in [-0.05, 0) is 31.2 Å². The first-order valence-electron chi connectivity index (χ1n) is 7.81. The summed E-state index contributed by atoms with van der Waals surface area (Å²) in [6.07, 6.45) is 0. The van der Waals surface area contributed by atoms with Crippen LogP contribution in [0.1, 0.15) is 17.3 Å². The van der Waals surface area contributed by atoms with Crippen LogP contribution in [0.4, 0.5) is 11.5 Å². The molecule has 0 unspecified atom stereocenters. The van der Waals surface area contributed by atoms with Crippen molar-refractivity contribution in [1.82, 2.24) is 9.55 Å². The fourth-order valence-corrected chi connectivity index (χ4v) is 2.68. The lowest BCUT2D eigenvalue weighted by molar-refractivity contribution is 0.0600. The Hall–Kier alpha value is -3.35. The van der Waals surface area contributed by atoms with Gasteiger partial charge in [0.1, 0.15) is 11.4 Å². The summed E-state index contributed by atoms with van der Waals surface area (Å²) >= 11 is 0. The summed E-state index contributed by atoms with van der Waals surface area (Å²) in [4.78, 5) is 29.6. The Labute approximate surface area is 144 Å². The number of aromatic nitrogens is 2. The van der Waals surface area contributed by atoms with Gasteiger partial charge in [0.25, 0.3) is 5.56 Å². The minimum atomic E-state index is -0.773. The molecular weight excluding hydrogens is 320 g/mol. The first kappa shape index (κ1) is 16.5. The summed E-state index contributed by atoms with van der Waals surface area (Å²) in [5.41, 5.74) is 6.36. The van der Waals surface area contributed by atoms with Crippen molar-refractivity contribution in [3.05, 3.63) is 58.4 Å². The number of rotatable bonds is 4. The Balaban J connectivity index is 2.46. The molecule has 0 saturated heterocycles. The zero-order valence-corrected chi connectivity index (χ0v) is 13.9. The van der Waals surface area contributed by atoms with Crippen molar-refractivity contribution in [2.24, 2.45) is 0 Å². The van der Waals surface area contributed by atoms with Gasteiger partial charge in [0.15, 0.2) is 5.65 Å². The number of nitrogens with one attached hydrogen (secondary N) is 1. The van der Waals surface area contributed by atoms with E-state index in [-0.39, 0.29) is 11.3 Å². The summed E-state index contributed by atoms with van der Waals surface area (Å²) in [5.74, 6) is -0.158. The maximum Gasteiger partial charge on any atom is 0.345 e. The maximum absolute atomic E-state index is 13.0. The molecular formula is C18H18N4O3. The number of carbonyl (C=O) groups is 1. The van der Waals surface area contributed by atoms with Crippen LogP contribution in [0.3, 0.4) is 0 Å². The highest BCUT2D eigenvalue weighted by Gasteiger charge is 2.23. The Bertz CT molecular complexity index is 997. The highest BCUT2D eigenvalue weighted by atomic mass is 16.5. The van der Waals surface area contributed by atoms with Crippen molar-refractivity contribution in [2.45, 2.75) is 6.92 Å². The van der Waals surface area contributed by atoms with Gasteiger partial charge in [0.05, 0.1) is 18.5 Å². The molecule has 0 aliphatic carbocycles. The third kappa shape index (κ3) is 2.80. The first-order valence-corrected chi connectivity index (χ1v) is 7.81. The van der Waals surface area contributed by atoms with Crippen LogP contribution in [0.2, 0.25) is 0 Å². The number of methoxy groups -OCH3 is 1. The molecule has 0 spiro atoms. The number of anilines is 2. The second kappa shape index (κ2) is 6.64. The van der Waals surface area contributed by atoms with Gasteiger partial charge in [0.2, 0.25) is 0 Å². The Morgan fingerprint density at radius 1 is 1.24 bits per heavy atom. The lowest BCUT2D eigenvalue weighted by atomic mass is 10.1. The fraction of sp³-hybridized carbons (Fsp3) is 0.167. The van der Waals surface area contributed by atoms with Crippen LogP contribution < -0.4 is 16.6 Å². The fourth-order valence-electron chi connectivity index (χ4n) is 2.68. The van der Waals surface area contributed by atoms with Crippen LogP contribution in [0.15, 0.2) is 47.3 Å². The third-order valence-electron chi connectivity index (χ3n) is 3.83. The number of nitrogen functional groups attached to an aromatic ring is 1. The molecule has 3 aromatic rings. The number of hydrogen-bond donors (Lipinski definition) is 2. The van der Waals surface area contributed by atoms with Gasteiger partial charge in [-0.25, -0.2) is 9.78 Å². The predicted octanol–water partition coefficient (Wildman–Crippen LogP) is 2.19. The van der Waals surface area contributed by atoms with E-state index < -0.39 is 11.5 Å². The zero-order valence-electron chi connectivity index (χ0n) is 13.9. The maximum atomic E-state index is 13.0. The third-order valence-corrected chi connectivity index (χ3v) is 3.83. The van der Waals surface area contributed by atoms with Crippen LogP contribution in [0.25, 0.3) is 16.7 Å². The van der Waals surface area contributed by atoms with Crippen LogP contribution in [-0.2, 0) is 4.74 Å². The van der Waals surface area contributed by atoms with Crippen molar-refractivity contribution in [2.75, 3.05) is 24.7 Å². The lowest BCUT2D eigenvalue weighted by Crippen LogP contribution is -2.28. The summed E-state index contributed by atoms with van der Waals surface area (Å²) in [7, 11) is 1.21. The summed E-state index contributed by atoms with van der Waals surface area (Å²) in [6.45, 7) is 2.63. The second-order valence-electron chi connectivity index (χ2n) is 5.35. The number of ether oxygens (including phenoxy) is 1. The highest BCUT2D eigenvalue weighted by Crippen LogP contribution is 2.25. The summed E-state index contributed by atoms with van der Waals surface area (Å²) < 4.78 is 6.11. The predicted molar refractivity (Wildman–Crippen MR) is 97.3 cm³/mol. The molecule has 0 bridgehead atoms. The number of carbonyl (C=O) groups excluding carboxylic acids is 1. The van der Waals surface area contributed by atoms with Gasteiger partial charge >= 0.3 is 5.97 Å². The van der Waals surface area contributed by atoms with Crippen molar-refractivity contribution in [3.8, 4) is 5.69 Å². The number of benzene rings is 1. The Kier molecular flexibility index (Phi) is 4.38. The van der Waals surface area contributed by atoms with Crippen LogP contribution in [0, 0.1) is 0 Å². The van der Waals surface area contributed by atoms with E-state index >= 15 is 0 Å². The van der Waals surface area contributed by atoms with Gasteiger partial charge in [-0.3, -0.25) is 9.36 Å². The molecule has 3 N–H and O–H groups in total. The quantitative estimate of drug-likeness (QED) is 0.708. The lowest BCUT2D eigenvalue weighted by Gasteiger charge is -2.15. The number of esters is 1. The summed E-state index contributed by atoms with van der Waals surface area (Å²) in [5, 5.41) is 3.61. The van der Waals surface area contributed by atoms with Gasteiger partial charge in [-0.2, -0.15) is 0 Å². The van der Waals surface area contributed by atoms with Crippen molar-refractivity contribution in [1.29, 1.82) is 0 Å². The minimum absolute atomic E-state index is 0.0644. The van der Waals surface area contributed by atoms with Gasteiger partial charge in [-0.1, -0.05) is 18.2 Å². The largest absolute Gasteiger partial charge is 0.465 e. The van der Waals surface area contributed by atoms with Gasteiger partial charge in [0, 0.05) is 11.9 Å². The molecule has 0 radical (unpaired) electrons. The van der Waals surface area contributed by atoms with E-state index in [1.807, 2.05) is 13.0 Å². The first-order chi connectivity index (χ1) is 12.1. The van der Waals surface area contributed by atoms with E-state index in [1.165, 1.54) is 11.7 Å². The van der Waals surface area contributed by atoms with Crippen LogP contribution in [-0.4, -0.2) is 29.2 Å². The summed E-state index contributed by atoms with van der Waals surface area (Å²) in [6, 6.07) is 12.5. The average molecular weight is 338 g/mol. The molecule has 0 aliphatic rings. The van der Waals surface area contributed by atoms with E-state index in [0.29, 0.717) is 29.1 Å². The zero-order chi connectivity index (χ0) is 18.0. The Morgan fingerprint density at radius 3 is 2.60 bits per heavy atom. The number of pyridine rings is 2. The molecule has 25 heavy (non-hydrogen) atoms. The molecule has 0 saturated carbocycles. The highest BCUT2D eigenvalue weighted by molar-refractivity contribution is 6.03. The average Bonchev–Trinajstić information content (AvgIpc) is 2.62. The second-order valence-corrected chi connectivity index (χ2v) is 5.35. The molecule has 0 aliphatic heterocycles. The normalized spacial score (nSPS) is 10.6. The van der Waals surface area contributed by atoms with Crippen LogP contribution >= 0.6 is 0 Å². The minimum Gasteiger partial charge on any atom is -0.465 e. The molecule has 0 atom stereocenters. The molecule has 7 heteroatoms. The van der Waals surface area contributed by atoms with E-state index in [4.69, 9.17) is 10.5 Å². The number of para-hydroxylation sites is 1. The molecule has 2 aromatic heterocycles. The molecule has 7 nitrogen and oxygen atoms in total. The van der Waals surface area contributed by atoms with Crippen molar-refractivity contribution in [3.63, 3.8) is 0 Å². The van der Waals surface area contributed by atoms with Gasteiger partial charge < -0.3 is 15.8 Å². The van der Waals surface area contributed by atoms with Gasteiger partial charge in [-0.15, -0.1) is 0 Å². The van der Waals surface area contributed by atoms with E-state index in [9.17, 15) is 9.59 Å². The number of nitrogens with two attached hydrogens (primary N) is 1. The molecule has 1 aromatic carbocycles. The van der Waals surface area contributed by atoms with Crippen molar-refractivity contribution >= 4 is 28.5 Å². The molecule has 3 rings (SSSR count). The number of nitrogens with zero attached hydrogens (tertiary/aromatic N) is 2. The molecule has 0 fully saturated rings. The molecule has 2 heterocycles. The van der Waals surface area contributed by atoms with E-state index in [2.05, 4.69) is 10.3 Å². The topological polar surface area (TPSA) is 99.2 Å². The smallest absolute Gasteiger partial charge is 0.345 e. The molecule has 0 amide bonds. The number of hydrogen-bond acceptors (Lipinski definition) is 6. The van der Waals surface area contributed by atoms with Crippen LogP contribution in [0.5, 0.6) is 0 Å². The number of fused-ring (bicyclic) bond motifs is 1. The van der Waals surface area contributed by atoms with E-state index in [0.717, 1.165) is 0 Å². The van der Waals surface area contributed by atoms with Crippen molar-refractivity contribution < 1.29 is 9.53 Å². The standard InChI is InChI=1S/C18H18N4O3/c1-3-20-13-10-9-12-15(19)14(18(24)25-2)17(23)22(16(12)21-13)11-7-5-4-6-8-11/h4-10H,3,19H2,1-2H3,(H,20,21). The molecule has 128 valence electrons. The van der Waals surface area contributed by atoms with E-state index in [1.54, 1.807) is 36.4 Å². The SMILES string of the molecule is CCNc1ccc2c(N)c(C(=O)OC)c(=O)n(-c3ccccc3)c2n1.